The number of ether oxygens (including phenoxy) is 1. The molecule has 0 saturated carbocycles. The first-order valence-electron chi connectivity index (χ1n) is 8.44. The molecule has 7 heteroatoms. The van der Waals surface area contributed by atoms with Crippen molar-refractivity contribution in [3.05, 3.63) is 45.7 Å². The number of aromatic nitrogens is 1. The van der Waals surface area contributed by atoms with Crippen molar-refractivity contribution in [3.8, 4) is 5.75 Å². The minimum atomic E-state index is -0.372. The quantitative estimate of drug-likeness (QED) is 0.558. The highest BCUT2D eigenvalue weighted by Gasteiger charge is 2.05. The number of guanidine groups is 1. The number of nitrogens with one attached hydrogen (secondary N) is 2. The third-order valence-electron chi connectivity index (χ3n) is 3.56. The van der Waals surface area contributed by atoms with E-state index >= 15 is 0 Å². The summed E-state index contributed by atoms with van der Waals surface area (Å²) >= 11 is 1.75. The van der Waals surface area contributed by atoms with Gasteiger partial charge in [-0.3, -0.25) is 0 Å². The van der Waals surface area contributed by atoms with Crippen LogP contribution in [-0.4, -0.2) is 31.1 Å². The predicted molar refractivity (Wildman–Crippen MR) is 101 cm³/mol. The standard InChI is InChI=1S/C18H25FN4OS/c1-4-14-12-22-17(25-14)8-9-21-18(20-5-2)23-11-13-6-7-16(24-3)15(19)10-13/h6-7,10,12H,4-5,8-9,11H2,1-3H3,(H2,20,21,23). The average molecular weight is 364 g/mol. The molecule has 0 aliphatic carbocycles. The lowest BCUT2D eigenvalue weighted by molar-refractivity contribution is 0.386. The van der Waals surface area contributed by atoms with Crippen molar-refractivity contribution in [1.82, 2.24) is 15.6 Å². The van der Waals surface area contributed by atoms with Gasteiger partial charge in [0, 0.05) is 30.6 Å². The van der Waals surface area contributed by atoms with Gasteiger partial charge in [0.25, 0.3) is 0 Å². The second kappa shape index (κ2) is 9.98. The summed E-state index contributed by atoms with van der Waals surface area (Å²) in [4.78, 5) is 10.2. The fourth-order valence-corrected chi connectivity index (χ4v) is 3.10. The summed E-state index contributed by atoms with van der Waals surface area (Å²) in [6, 6.07) is 4.89. The molecule has 0 radical (unpaired) electrons. The van der Waals surface area contributed by atoms with Crippen LogP contribution in [0.1, 0.15) is 29.3 Å². The number of hydrogen-bond donors (Lipinski definition) is 2. The fourth-order valence-electron chi connectivity index (χ4n) is 2.24. The summed E-state index contributed by atoms with van der Waals surface area (Å²) < 4.78 is 18.7. The monoisotopic (exact) mass is 364 g/mol. The van der Waals surface area contributed by atoms with E-state index in [1.54, 1.807) is 17.4 Å². The van der Waals surface area contributed by atoms with Gasteiger partial charge < -0.3 is 15.4 Å². The van der Waals surface area contributed by atoms with E-state index < -0.39 is 0 Å². The Morgan fingerprint density at radius 2 is 2.16 bits per heavy atom. The van der Waals surface area contributed by atoms with Crippen molar-refractivity contribution in [2.75, 3.05) is 20.2 Å². The van der Waals surface area contributed by atoms with E-state index in [0.717, 1.165) is 36.5 Å². The summed E-state index contributed by atoms with van der Waals surface area (Å²) in [6.45, 7) is 6.05. The van der Waals surface area contributed by atoms with Crippen LogP contribution in [0.25, 0.3) is 0 Å². The molecule has 25 heavy (non-hydrogen) atoms. The maximum absolute atomic E-state index is 13.7. The summed E-state index contributed by atoms with van der Waals surface area (Å²) in [5.41, 5.74) is 0.794. The summed E-state index contributed by atoms with van der Waals surface area (Å²) in [7, 11) is 1.45. The molecule has 0 aliphatic heterocycles. The second-order valence-electron chi connectivity index (χ2n) is 5.41. The van der Waals surface area contributed by atoms with E-state index in [0.29, 0.717) is 12.5 Å². The number of nitrogens with zero attached hydrogens (tertiary/aromatic N) is 2. The van der Waals surface area contributed by atoms with E-state index in [4.69, 9.17) is 4.74 Å². The average Bonchev–Trinajstić information content (AvgIpc) is 3.08. The Morgan fingerprint density at radius 3 is 2.80 bits per heavy atom. The highest BCUT2D eigenvalue weighted by molar-refractivity contribution is 7.11. The van der Waals surface area contributed by atoms with Gasteiger partial charge in [-0.25, -0.2) is 14.4 Å². The predicted octanol–water partition coefficient (Wildman–Crippen LogP) is 3.15. The minimum absolute atomic E-state index is 0.243. The van der Waals surface area contributed by atoms with Crippen molar-refractivity contribution in [3.63, 3.8) is 0 Å². The molecule has 0 amide bonds. The number of aryl methyl sites for hydroxylation is 1. The molecule has 2 aromatic rings. The lowest BCUT2D eigenvalue weighted by atomic mass is 10.2. The van der Waals surface area contributed by atoms with Crippen molar-refractivity contribution in [2.45, 2.75) is 33.2 Å². The Hall–Kier alpha value is -2.15. The molecule has 0 spiro atoms. The SMILES string of the molecule is CCNC(=NCc1ccc(OC)c(F)c1)NCCc1ncc(CC)s1. The van der Waals surface area contributed by atoms with Gasteiger partial charge in [0.1, 0.15) is 0 Å². The highest BCUT2D eigenvalue weighted by atomic mass is 32.1. The summed E-state index contributed by atoms with van der Waals surface area (Å²) in [5.74, 6) is 0.585. The van der Waals surface area contributed by atoms with Gasteiger partial charge in [0.2, 0.25) is 0 Å². The molecule has 2 rings (SSSR count). The fraction of sp³-hybridized carbons (Fsp3) is 0.444. The van der Waals surface area contributed by atoms with Crippen LogP contribution in [0, 0.1) is 5.82 Å². The van der Waals surface area contributed by atoms with Gasteiger partial charge in [-0.15, -0.1) is 11.3 Å². The lowest BCUT2D eigenvalue weighted by Gasteiger charge is -2.11. The molecule has 1 aromatic carbocycles. The van der Waals surface area contributed by atoms with Crippen molar-refractivity contribution in [2.24, 2.45) is 4.99 Å². The zero-order valence-electron chi connectivity index (χ0n) is 14.9. The Morgan fingerprint density at radius 1 is 1.32 bits per heavy atom. The topological polar surface area (TPSA) is 58.5 Å². The van der Waals surface area contributed by atoms with Gasteiger partial charge >= 0.3 is 0 Å². The van der Waals surface area contributed by atoms with Crippen LogP contribution < -0.4 is 15.4 Å². The zero-order chi connectivity index (χ0) is 18.1. The molecule has 0 unspecified atom stereocenters. The molecule has 5 nitrogen and oxygen atoms in total. The summed E-state index contributed by atoms with van der Waals surface area (Å²) in [6.07, 6.45) is 3.82. The van der Waals surface area contributed by atoms with Gasteiger partial charge in [0.05, 0.1) is 18.7 Å². The Kier molecular flexibility index (Phi) is 7.66. The molecule has 1 heterocycles. The number of rotatable bonds is 8. The molecule has 136 valence electrons. The second-order valence-corrected chi connectivity index (χ2v) is 6.61. The first-order chi connectivity index (χ1) is 12.2. The molecule has 2 N–H and O–H groups in total. The van der Waals surface area contributed by atoms with Crippen molar-refractivity contribution >= 4 is 17.3 Å². The number of hydrogen-bond acceptors (Lipinski definition) is 4. The largest absolute Gasteiger partial charge is 0.494 e. The molecular weight excluding hydrogens is 339 g/mol. The normalized spacial score (nSPS) is 11.4. The van der Waals surface area contributed by atoms with E-state index in [-0.39, 0.29) is 11.6 Å². The third kappa shape index (κ3) is 6.01. The molecule has 0 fully saturated rings. The van der Waals surface area contributed by atoms with E-state index in [9.17, 15) is 4.39 Å². The van der Waals surface area contributed by atoms with Crippen LogP contribution in [0.4, 0.5) is 4.39 Å². The molecule has 0 bridgehead atoms. The van der Waals surface area contributed by atoms with Crippen LogP contribution >= 0.6 is 11.3 Å². The highest BCUT2D eigenvalue weighted by Crippen LogP contribution is 2.18. The lowest BCUT2D eigenvalue weighted by Crippen LogP contribution is -2.38. The third-order valence-corrected chi connectivity index (χ3v) is 4.76. The van der Waals surface area contributed by atoms with Crippen molar-refractivity contribution < 1.29 is 9.13 Å². The van der Waals surface area contributed by atoms with E-state index in [1.807, 2.05) is 19.2 Å². The number of halogens is 1. The molecule has 1 aromatic heterocycles. The van der Waals surface area contributed by atoms with Crippen LogP contribution in [0.5, 0.6) is 5.75 Å². The maximum atomic E-state index is 13.7. The Balaban J connectivity index is 1.90. The van der Waals surface area contributed by atoms with Gasteiger partial charge in [-0.2, -0.15) is 0 Å². The van der Waals surface area contributed by atoms with Crippen LogP contribution in [-0.2, 0) is 19.4 Å². The number of benzene rings is 1. The minimum Gasteiger partial charge on any atom is -0.494 e. The number of methoxy groups -OCH3 is 1. The molecule has 0 aliphatic rings. The molecule has 0 atom stereocenters. The Bertz CT molecular complexity index is 702. The van der Waals surface area contributed by atoms with Crippen molar-refractivity contribution in [1.29, 1.82) is 0 Å². The first kappa shape index (κ1) is 19.2. The van der Waals surface area contributed by atoms with Crippen LogP contribution in [0.2, 0.25) is 0 Å². The maximum Gasteiger partial charge on any atom is 0.191 e. The zero-order valence-corrected chi connectivity index (χ0v) is 15.8. The van der Waals surface area contributed by atoms with Gasteiger partial charge in [-0.1, -0.05) is 13.0 Å². The van der Waals surface area contributed by atoms with Crippen LogP contribution in [0.3, 0.4) is 0 Å². The van der Waals surface area contributed by atoms with Crippen LogP contribution in [0.15, 0.2) is 29.4 Å². The van der Waals surface area contributed by atoms with Gasteiger partial charge in [0.15, 0.2) is 17.5 Å². The first-order valence-corrected chi connectivity index (χ1v) is 9.26. The number of thiazole rings is 1. The van der Waals surface area contributed by atoms with E-state index in [2.05, 4.69) is 27.5 Å². The Labute approximate surface area is 152 Å². The summed E-state index contributed by atoms with van der Waals surface area (Å²) in [5, 5.41) is 7.61. The van der Waals surface area contributed by atoms with E-state index in [1.165, 1.54) is 18.1 Å². The molecule has 0 saturated heterocycles. The van der Waals surface area contributed by atoms with Gasteiger partial charge in [-0.05, 0) is 31.0 Å². The smallest absolute Gasteiger partial charge is 0.191 e. The molecular formula is C18H25FN4OS. The number of aliphatic imine (C=N–C) groups is 1.